The summed E-state index contributed by atoms with van der Waals surface area (Å²) in [5.74, 6) is 1.87. The average molecular weight is 493 g/mol. The molecule has 0 bridgehead atoms. The molecule has 7 heteroatoms. The Morgan fingerprint density at radius 2 is 1.85 bits per heavy atom. The van der Waals surface area contributed by atoms with Crippen LogP contribution in [0.25, 0.3) is 0 Å². The van der Waals surface area contributed by atoms with E-state index in [1.807, 2.05) is 4.90 Å². The molecule has 1 atom stereocenters. The van der Waals surface area contributed by atoms with E-state index in [-0.39, 0.29) is 35.4 Å². The molecule has 1 amide bonds. The molecule has 2 fully saturated rings. The van der Waals surface area contributed by atoms with Crippen molar-refractivity contribution in [3.63, 3.8) is 0 Å². The van der Waals surface area contributed by atoms with Gasteiger partial charge >= 0.3 is 0 Å². The number of nitrogens with one attached hydrogen (secondary N) is 2. The first-order valence-corrected chi connectivity index (χ1v) is 10.4. The van der Waals surface area contributed by atoms with E-state index in [1.165, 1.54) is 25.9 Å². The monoisotopic (exact) mass is 493 g/mol. The van der Waals surface area contributed by atoms with Crippen molar-refractivity contribution in [1.29, 1.82) is 0 Å². The average Bonchev–Trinajstić information content (AvgIpc) is 2.60. The van der Waals surface area contributed by atoms with Crippen molar-refractivity contribution >= 4 is 35.8 Å². The topological polar surface area (TPSA) is 60.0 Å². The molecule has 0 aromatic heterocycles. The summed E-state index contributed by atoms with van der Waals surface area (Å²) in [4.78, 5) is 20.9. The lowest BCUT2D eigenvalue weighted by Crippen LogP contribution is -2.52. The molecule has 2 N–H and O–H groups in total. The Bertz CT molecular complexity index is 489. The van der Waals surface area contributed by atoms with Gasteiger partial charge in [-0.05, 0) is 58.9 Å². The minimum atomic E-state index is 0. The summed E-state index contributed by atoms with van der Waals surface area (Å²) in [7, 11) is 0. The van der Waals surface area contributed by atoms with Crippen molar-refractivity contribution in [1.82, 2.24) is 20.4 Å². The summed E-state index contributed by atoms with van der Waals surface area (Å²) < 4.78 is 0. The second-order valence-electron chi connectivity index (χ2n) is 8.63. The number of hydrogen-bond acceptors (Lipinski definition) is 3. The predicted octanol–water partition coefficient (Wildman–Crippen LogP) is 2.68. The van der Waals surface area contributed by atoms with Crippen LogP contribution in [0.2, 0.25) is 0 Å². The lowest BCUT2D eigenvalue weighted by atomic mass is 9.94. The number of rotatable bonds is 5. The van der Waals surface area contributed by atoms with Crippen LogP contribution in [0.4, 0.5) is 0 Å². The highest BCUT2D eigenvalue weighted by atomic mass is 127. The number of nitrogens with zero attached hydrogens (tertiary/aromatic N) is 3. The number of halogens is 1. The standard InChI is InChI=1S/C20H39N5O.HI/c1-6-21-19(23-18-9-12-24(13-10-18)17(3)26)22-15-20(4,5)25-11-7-8-16(2)14-25;/h16,18H,6-15H2,1-5H3,(H2,21,22,23);1H. The van der Waals surface area contributed by atoms with Crippen LogP contribution in [-0.4, -0.2) is 72.5 Å². The SMILES string of the molecule is CCNC(=NCC(C)(C)N1CCCC(C)C1)NC1CCN(C(C)=O)CC1.I. The summed E-state index contributed by atoms with van der Waals surface area (Å²) >= 11 is 0. The van der Waals surface area contributed by atoms with Crippen LogP contribution in [0, 0.1) is 5.92 Å². The highest BCUT2D eigenvalue weighted by molar-refractivity contribution is 14.0. The first kappa shape index (κ1) is 24.5. The van der Waals surface area contributed by atoms with Gasteiger partial charge in [0, 0.05) is 44.7 Å². The van der Waals surface area contributed by atoms with Gasteiger partial charge < -0.3 is 15.5 Å². The molecule has 0 aromatic carbocycles. The number of piperidine rings is 2. The fourth-order valence-corrected chi connectivity index (χ4v) is 3.96. The molecule has 0 spiro atoms. The zero-order valence-electron chi connectivity index (χ0n) is 17.9. The number of carbonyl (C=O) groups is 1. The highest BCUT2D eigenvalue weighted by Crippen LogP contribution is 2.24. The van der Waals surface area contributed by atoms with Gasteiger partial charge in [-0.15, -0.1) is 24.0 Å². The third-order valence-electron chi connectivity index (χ3n) is 5.76. The summed E-state index contributed by atoms with van der Waals surface area (Å²) in [5, 5.41) is 6.97. The number of aliphatic imine (C=N–C) groups is 1. The van der Waals surface area contributed by atoms with Crippen molar-refractivity contribution in [2.24, 2.45) is 10.9 Å². The third kappa shape index (κ3) is 7.75. The van der Waals surface area contributed by atoms with Crippen LogP contribution in [0.3, 0.4) is 0 Å². The maximum atomic E-state index is 11.5. The second kappa shape index (κ2) is 11.4. The van der Waals surface area contributed by atoms with Crippen molar-refractivity contribution in [2.45, 2.75) is 71.9 Å². The Morgan fingerprint density at radius 1 is 1.19 bits per heavy atom. The number of amides is 1. The summed E-state index contributed by atoms with van der Waals surface area (Å²) in [6.07, 6.45) is 4.61. The van der Waals surface area contributed by atoms with E-state index in [2.05, 4.69) is 43.2 Å². The first-order valence-electron chi connectivity index (χ1n) is 10.4. The summed E-state index contributed by atoms with van der Waals surface area (Å²) in [6, 6.07) is 0.390. The van der Waals surface area contributed by atoms with Crippen molar-refractivity contribution < 1.29 is 4.79 Å². The van der Waals surface area contributed by atoms with Crippen LogP contribution in [-0.2, 0) is 4.79 Å². The molecule has 0 radical (unpaired) electrons. The number of guanidine groups is 1. The molecule has 0 saturated carbocycles. The zero-order valence-corrected chi connectivity index (χ0v) is 20.2. The summed E-state index contributed by atoms with van der Waals surface area (Å²) in [5.41, 5.74) is 0.0784. The van der Waals surface area contributed by atoms with Gasteiger partial charge in [0.1, 0.15) is 0 Å². The van der Waals surface area contributed by atoms with E-state index < -0.39 is 0 Å². The van der Waals surface area contributed by atoms with Crippen molar-refractivity contribution in [3.8, 4) is 0 Å². The lowest BCUT2D eigenvalue weighted by Gasteiger charge is -2.42. The Hall–Kier alpha value is -0.570. The first-order chi connectivity index (χ1) is 12.3. The smallest absolute Gasteiger partial charge is 0.219 e. The molecule has 2 heterocycles. The fraction of sp³-hybridized carbons (Fsp3) is 0.900. The second-order valence-corrected chi connectivity index (χ2v) is 8.63. The van der Waals surface area contributed by atoms with Gasteiger partial charge in [-0.2, -0.15) is 0 Å². The van der Waals surface area contributed by atoms with E-state index in [9.17, 15) is 4.79 Å². The van der Waals surface area contributed by atoms with Gasteiger partial charge in [-0.3, -0.25) is 14.7 Å². The van der Waals surface area contributed by atoms with Crippen LogP contribution in [0.15, 0.2) is 4.99 Å². The quantitative estimate of drug-likeness (QED) is 0.351. The molecule has 2 aliphatic heterocycles. The molecule has 2 rings (SSSR count). The van der Waals surface area contributed by atoms with Crippen LogP contribution in [0.5, 0.6) is 0 Å². The van der Waals surface area contributed by atoms with Crippen molar-refractivity contribution in [2.75, 3.05) is 39.3 Å². The fourth-order valence-electron chi connectivity index (χ4n) is 3.96. The zero-order chi connectivity index (χ0) is 19.2. The molecule has 0 aromatic rings. The maximum Gasteiger partial charge on any atom is 0.219 e. The highest BCUT2D eigenvalue weighted by Gasteiger charge is 2.30. The van der Waals surface area contributed by atoms with Gasteiger partial charge in [0.2, 0.25) is 5.91 Å². The minimum Gasteiger partial charge on any atom is -0.357 e. The molecular formula is C20H40IN5O. The van der Waals surface area contributed by atoms with Crippen LogP contribution in [0.1, 0.15) is 60.3 Å². The molecular weight excluding hydrogens is 453 g/mol. The van der Waals surface area contributed by atoms with E-state index in [1.54, 1.807) is 6.92 Å². The largest absolute Gasteiger partial charge is 0.357 e. The molecule has 0 aliphatic carbocycles. The van der Waals surface area contributed by atoms with E-state index >= 15 is 0 Å². The molecule has 27 heavy (non-hydrogen) atoms. The Morgan fingerprint density at radius 3 is 2.41 bits per heavy atom. The van der Waals surface area contributed by atoms with Gasteiger partial charge in [-0.25, -0.2) is 0 Å². The molecule has 2 aliphatic rings. The number of likely N-dealkylation sites (tertiary alicyclic amines) is 2. The maximum absolute atomic E-state index is 11.5. The minimum absolute atomic E-state index is 0. The van der Waals surface area contributed by atoms with Crippen LogP contribution < -0.4 is 10.6 Å². The van der Waals surface area contributed by atoms with Crippen LogP contribution >= 0.6 is 24.0 Å². The number of carbonyl (C=O) groups excluding carboxylic acids is 1. The Kier molecular flexibility index (Phi) is 10.4. The van der Waals surface area contributed by atoms with E-state index in [4.69, 9.17) is 4.99 Å². The molecule has 1 unspecified atom stereocenters. The van der Waals surface area contributed by atoms with Gasteiger partial charge in [0.25, 0.3) is 0 Å². The van der Waals surface area contributed by atoms with Gasteiger partial charge in [0.15, 0.2) is 5.96 Å². The molecule has 6 nitrogen and oxygen atoms in total. The Labute approximate surface area is 182 Å². The normalized spacial score (nSPS) is 22.9. The summed E-state index contributed by atoms with van der Waals surface area (Å²) in [6.45, 7) is 16.4. The van der Waals surface area contributed by atoms with E-state index in [0.29, 0.717) is 6.04 Å². The van der Waals surface area contributed by atoms with Crippen molar-refractivity contribution in [3.05, 3.63) is 0 Å². The third-order valence-corrected chi connectivity index (χ3v) is 5.76. The van der Waals surface area contributed by atoms with Gasteiger partial charge in [-0.1, -0.05) is 6.92 Å². The Balaban J connectivity index is 0.00000364. The lowest BCUT2D eigenvalue weighted by molar-refractivity contribution is -0.129. The van der Waals surface area contributed by atoms with E-state index in [0.717, 1.165) is 50.9 Å². The predicted molar refractivity (Wildman–Crippen MR) is 124 cm³/mol. The molecule has 158 valence electrons. The molecule has 2 saturated heterocycles. The number of hydrogen-bond donors (Lipinski definition) is 2. The van der Waals surface area contributed by atoms with Gasteiger partial charge in [0.05, 0.1) is 6.54 Å².